The number of allylic oxidation sites excluding steroid dienone is 6. The van der Waals surface area contributed by atoms with Crippen LogP contribution in [0.4, 0.5) is 5.69 Å². The fourth-order valence-electron chi connectivity index (χ4n) is 6.39. The van der Waals surface area contributed by atoms with Crippen LogP contribution >= 0.6 is 15.9 Å². The molecule has 4 unspecified atom stereocenters. The van der Waals surface area contributed by atoms with Gasteiger partial charge in [-0.2, -0.15) is 0 Å². The van der Waals surface area contributed by atoms with Crippen molar-refractivity contribution in [2.75, 3.05) is 4.90 Å². The summed E-state index contributed by atoms with van der Waals surface area (Å²) >= 11 is 3.24. The normalized spacial score (nSPS) is 27.0. The number of phenolic OH excluding ortho intramolecular Hbond substituents is 1. The lowest BCUT2D eigenvalue weighted by atomic mass is 9.59. The van der Waals surface area contributed by atoms with Crippen molar-refractivity contribution in [3.8, 4) is 5.75 Å². The number of ketones is 2. The first kappa shape index (κ1) is 23.8. The van der Waals surface area contributed by atoms with Gasteiger partial charge in [-0.3, -0.25) is 24.1 Å². The van der Waals surface area contributed by atoms with Gasteiger partial charge in [-0.1, -0.05) is 42.8 Å². The lowest BCUT2D eigenvalue weighted by Crippen LogP contribution is -2.39. The molecule has 4 aliphatic rings. The maximum absolute atomic E-state index is 13.9. The predicted molar refractivity (Wildman–Crippen MR) is 141 cm³/mol. The Labute approximate surface area is 222 Å². The Morgan fingerprint density at radius 1 is 0.946 bits per heavy atom. The molecule has 37 heavy (non-hydrogen) atoms. The van der Waals surface area contributed by atoms with E-state index < -0.39 is 17.8 Å². The number of amides is 2. The first-order valence-corrected chi connectivity index (χ1v) is 13.2. The zero-order chi connectivity index (χ0) is 26.0. The second-order valence-corrected chi connectivity index (χ2v) is 10.9. The number of aryl methyl sites for hydroxylation is 1. The summed E-state index contributed by atoms with van der Waals surface area (Å²) < 4.78 is 0.201. The van der Waals surface area contributed by atoms with E-state index in [-0.39, 0.29) is 46.0 Å². The molecular formula is C30H24BrNO5. The average molecular weight is 558 g/mol. The molecule has 186 valence electrons. The van der Waals surface area contributed by atoms with Gasteiger partial charge in [-0.05, 0) is 76.5 Å². The predicted octanol–water partition coefficient (Wildman–Crippen LogP) is 4.92. The summed E-state index contributed by atoms with van der Waals surface area (Å²) in [5.74, 6) is -2.92. The molecule has 1 saturated heterocycles. The van der Waals surface area contributed by atoms with Crippen molar-refractivity contribution < 1.29 is 24.3 Å². The van der Waals surface area contributed by atoms with Gasteiger partial charge in [0.1, 0.15) is 5.75 Å². The smallest absolute Gasteiger partial charge is 0.238 e. The van der Waals surface area contributed by atoms with Crippen LogP contribution in [0, 0.1) is 17.8 Å². The van der Waals surface area contributed by atoms with Gasteiger partial charge in [-0.25, -0.2) is 0 Å². The molecule has 0 aromatic heterocycles. The second-order valence-electron chi connectivity index (χ2n) is 10.0. The molecule has 3 aliphatic carbocycles. The van der Waals surface area contributed by atoms with E-state index in [4.69, 9.17) is 0 Å². The van der Waals surface area contributed by atoms with E-state index in [1.165, 1.54) is 11.0 Å². The first-order valence-electron chi connectivity index (χ1n) is 12.4. The molecule has 2 amide bonds. The van der Waals surface area contributed by atoms with Crippen LogP contribution in [0.25, 0.3) is 0 Å². The molecule has 7 heteroatoms. The van der Waals surface area contributed by atoms with E-state index in [2.05, 4.69) is 15.9 Å². The van der Waals surface area contributed by atoms with Crippen molar-refractivity contribution in [1.82, 2.24) is 0 Å². The zero-order valence-corrected chi connectivity index (χ0v) is 21.7. The molecule has 2 aromatic carbocycles. The molecule has 1 fully saturated rings. The fraction of sp³-hybridized carbons (Fsp3) is 0.267. The van der Waals surface area contributed by atoms with Crippen molar-refractivity contribution in [3.63, 3.8) is 0 Å². The van der Waals surface area contributed by atoms with Crippen molar-refractivity contribution in [3.05, 3.63) is 93.0 Å². The molecule has 6 nitrogen and oxygen atoms in total. The number of carbonyl (C=O) groups excluding carboxylic acids is 4. The number of carbonyl (C=O) groups is 4. The minimum absolute atomic E-state index is 0.0954. The molecule has 2 aromatic rings. The quantitative estimate of drug-likeness (QED) is 0.328. The average Bonchev–Trinajstić information content (AvgIpc) is 3.16. The molecule has 4 atom stereocenters. The third kappa shape index (κ3) is 3.59. The van der Waals surface area contributed by atoms with Crippen molar-refractivity contribution in [2.24, 2.45) is 17.8 Å². The summed E-state index contributed by atoms with van der Waals surface area (Å²) in [5.41, 5.74) is 4.14. The van der Waals surface area contributed by atoms with Crippen LogP contribution < -0.4 is 4.90 Å². The molecule has 0 saturated carbocycles. The summed E-state index contributed by atoms with van der Waals surface area (Å²) in [4.78, 5) is 55.2. The molecule has 0 spiro atoms. The monoisotopic (exact) mass is 557 g/mol. The highest BCUT2D eigenvalue weighted by Gasteiger charge is 2.56. The SMILES string of the molecule is CCc1ccc(N2C(=O)C3CC=C4C(c5ccc(O)cc5)C5=C(CC4C3C2=O)C(=O)C(Br)=CC5=O)cc1. The number of rotatable bonds is 3. The Morgan fingerprint density at radius 2 is 1.65 bits per heavy atom. The van der Waals surface area contributed by atoms with Gasteiger partial charge in [0.15, 0.2) is 11.6 Å². The Morgan fingerprint density at radius 3 is 2.32 bits per heavy atom. The highest BCUT2D eigenvalue weighted by Crippen LogP contribution is 2.55. The Bertz CT molecular complexity index is 1460. The number of fused-ring (bicyclic) bond motifs is 3. The molecule has 0 radical (unpaired) electrons. The van der Waals surface area contributed by atoms with Crippen LogP contribution in [-0.2, 0) is 25.6 Å². The van der Waals surface area contributed by atoms with E-state index >= 15 is 0 Å². The third-order valence-electron chi connectivity index (χ3n) is 8.16. The summed E-state index contributed by atoms with van der Waals surface area (Å²) in [5, 5.41) is 9.85. The summed E-state index contributed by atoms with van der Waals surface area (Å²) in [6.45, 7) is 2.05. The van der Waals surface area contributed by atoms with Crippen molar-refractivity contribution in [2.45, 2.75) is 32.1 Å². The van der Waals surface area contributed by atoms with Crippen LogP contribution in [0.3, 0.4) is 0 Å². The standard InChI is InChI=1S/C30H24BrNO5/c1-2-15-3-7-17(8-4-15)32-29(36)20-12-11-19-21(26(20)30(32)37)13-22-27(24(34)14-23(31)28(22)35)25(19)16-5-9-18(33)10-6-16/h3-11,14,20-21,25-26,33H,2,12-13H2,1H3. The number of benzene rings is 2. The van der Waals surface area contributed by atoms with Crippen LogP contribution in [0.15, 0.2) is 81.9 Å². The summed E-state index contributed by atoms with van der Waals surface area (Å²) in [6.07, 6.45) is 4.78. The minimum atomic E-state index is -0.611. The van der Waals surface area contributed by atoms with E-state index in [0.717, 1.165) is 23.1 Å². The van der Waals surface area contributed by atoms with Crippen LogP contribution in [0.1, 0.15) is 36.8 Å². The van der Waals surface area contributed by atoms with E-state index in [9.17, 15) is 24.3 Å². The lowest BCUT2D eigenvalue weighted by Gasteiger charge is -2.42. The zero-order valence-electron chi connectivity index (χ0n) is 20.1. The van der Waals surface area contributed by atoms with Crippen molar-refractivity contribution in [1.29, 1.82) is 0 Å². The maximum atomic E-state index is 13.9. The summed E-state index contributed by atoms with van der Waals surface area (Å²) in [6, 6.07) is 14.1. The number of imide groups is 1. The molecule has 1 aliphatic heterocycles. The molecule has 1 heterocycles. The number of halogens is 1. The molecule has 0 bridgehead atoms. The number of anilines is 1. The number of aromatic hydroxyl groups is 1. The number of phenols is 1. The van der Waals surface area contributed by atoms with E-state index in [1.54, 1.807) is 24.3 Å². The van der Waals surface area contributed by atoms with Gasteiger partial charge in [0, 0.05) is 23.1 Å². The van der Waals surface area contributed by atoms with Crippen LogP contribution in [0.5, 0.6) is 5.75 Å². The Balaban J connectivity index is 1.46. The Hall–Kier alpha value is -3.58. The van der Waals surface area contributed by atoms with Gasteiger partial charge in [-0.15, -0.1) is 0 Å². The Kier molecular flexibility index (Phi) is 5.64. The highest BCUT2D eigenvalue weighted by molar-refractivity contribution is 9.12. The largest absolute Gasteiger partial charge is 0.508 e. The van der Waals surface area contributed by atoms with E-state index in [1.807, 2.05) is 37.3 Å². The number of hydrogen-bond donors (Lipinski definition) is 1. The van der Waals surface area contributed by atoms with Gasteiger partial charge in [0.25, 0.3) is 0 Å². The van der Waals surface area contributed by atoms with E-state index in [0.29, 0.717) is 23.3 Å². The van der Waals surface area contributed by atoms with Gasteiger partial charge < -0.3 is 5.11 Å². The fourth-order valence-corrected chi connectivity index (χ4v) is 6.84. The molecule has 1 N–H and O–H groups in total. The van der Waals surface area contributed by atoms with Crippen molar-refractivity contribution >= 4 is 45.0 Å². The number of nitrogens with zero attached hydrogens (tertiary/aromatic N) is 1. The first-order chi connectivity index (χ1) is 17.8. The summed E-state index contributed by atoms with van der Waals surface area (Å²) in [7, 11) is 0. The topological polar surface area (TPSA) is 91.8 Å². The minimum Gasteiger partial charge on any atom is -0.508 e. The lowest BCUT2D eigenvalue weighted by molar-refractivity contribution is -0.123. The maximum Gasteiger partial charge on any atom is 0.238 e. The third-order valence-corrected chi connectivity index (χ3v) is 8.75. The van der Waals surface area contributed by atoms with Gasteiger partial charge >= 0.3 is 0 Å². The van der Waals surface area contributed by atoms with Gasteiger partial charge in [0.05, 0.1) is 22.0 Å². The van der Waals surface area contributed by atoms with Crippen LogP contribution in [0.2, 0.25) is 0 Å². The number of Topliss-reactive ketones (excluding diaryl/α,β-unsaturated/α-hetero) is 1. The molecular weight excluding hydrogens is 534 g/mol. The van der Waals surface area contributed by atoms with Gasteiger partial charge in [0.2, 0.25) is 11.8 Å². The second kappa shape index (κ2) is 8.77. The number of hydrogen-bond acceptors (Lipinski definition) is 5. The molecule has 6 rings (SSSR count). The van der Waals surface area contributed by atoms with Crippen LogP contribution in [-0.4, -0.2) is 28.5 Å². The highest BCUT2D eigenvalue weighted by atomic mass is 79.9.